The maximum Gasteiger partial charge on any atom is 0.242 e. The number of tetrazole rings is 1. The molecule has 9 heteroatoms. The van der Waals surface area contributed by atoms with Gasteiger partial charge in [0.25, 0.3) is 0 Å². The molecular formula is C15H17N7O2. The molecule has 1 aromatic carbocycles. The minimum absolute atomic E-state index is 0.0339. The molecule has 3 aromatic rings. The monoisotopic (exact) mass is 327 g/mol. The second-order valence-electron chi connectivity index (χ2n) is 5.17. The number of benzene rings is 1. The van der Waals surface area contributed by atoms with Gasteiger partial charge in [0, 0.05) is 11.1 Å². The first-order valence-electron chi connectivity index (χ1n) is 7.41. The standard InChI is InChI=1S/C15H17N7O2/c1-10-5-6-11-3-2-4-12(14(11)18-10)24-8-7-17-13(23)9-22-15(16)19-20-21-22/h2-6H,7-9H2,1H3,(H,17,23)(H2,16,19,21). The molecule has 0 atom stereocenters. The molecule has 0 aliphatic carbocycles. The van der Waals surface area contributed by atoms with E-state index in [1.807, 2.05) is 37.3 Å². The number of amides is 1. The van der Waals surface area contributed by atoms with Crippen LogP contribution in [-0.4, -0.2) is 44.3 Å². The summed E-state index contributed by atoms with van der Waals surface area (Å²) in [5.74, 6) is 0.540. The third-order valence-corrected chi connectivity index (χ3v) is 3.36. The van der Waals surface area contributed by atoms with Crippen molar-refractivity contribution in [1.29, 1.82) is 0 Å². The number of fused-ring (bicyclic) bond motifs is 1. The van der Waals surface area contributed by atoms with Crippen molar-refractivity contribution in [3.8, 4) is 5.75 Å². The van der Waals surface area contributed by atoms with Crippen molar-refractivity contribution in [3.05, 3.63) is 36.0 Å². The van der Waals surface area contributed by atoms with Crippen molar-refractivity contribution in [1.82, 2.24) is 30.5 Å². The van der Waals surface area contributed by atoms with Gasteiger partial charge in [-0.15, -0.1) is 0 Å². The lowest BCUT2D eigenvalue weighted by Crippen LogP contribution is -2.31. The predicted molar refractivity (Wildman–Crippen MR) is 87.2 cm³/mol. The van der Waals surface area contributed by atoms with Crippen LogP contribution in [0.5, 0.6) is 5.75 Å². The molecule has 0 aliphatic rings. The fourth-order valence-electron chi connectivity index (χ4n) is 2.20. The van der Waals surface area contributed by atoms with E-state index in [4.69, 9.17) is 10.5 Å². The lowest BCUT2D eigenvalue weighted by atomic mass is 10.2. The number of carbonyl (C=O) groups is 1. The summed E-state index contributed by atoms with van der Waals surface area (Å²) in [6.07, 6.45) is 0. The van der Waals surface area contributed by atoms with Gasteiger partial charge >= 0.3 is 0 Å². The molecule has 3 N–H and O–H groups in total. The van der Waals surface area contributed by atoms with E-state index in [1.54, 1.807) is 0 Å². The number of hydrogen-bond donors (Lipinski definition) is 2. The number of nitrogens with one attached hydrogen (secondary N) is 1. The number of carbonyl (C=O) groups excluding carboxylic acids is 1. The number of aryl methyl sites for hydroxylation is 1. The summed E-state index contributed by atoms with van der Waals surface area (Å²) < 4.78 is 6.95. The second kappa shape index (κ2) is 6.90. The Kier molecular flexibility index (Phi) is 4.50. The number of anilines is 1. The van der Waals surface area contributed by atoms with E-state index >= 15 is 0 Å². The molecule has 2 heterocycles. The van der Waals surface area contributed by atoms with Crippen LogP contribution in [0.25, 0.3) is 10.9 Å². The van der Waals surface area contributed by atoms with Gasteiger partial charge in [-0.25, -0.2) is 9.67 Å². The zero-order valence-corrected chi connectivity index (χ0v) is 13.1. The SMILES string of the molecule is Cc1ccc2cccc(OCCNC(=O)Cn3nnnc3N)c2n1. The topological polar surface area (TPSA) is 121 Å². The summed E-state index contributed by atoms with van der Waals surface area (Å²) in [5, 5.41) is 14.2. The van der Waals surface area contributed by atoms with Crippen molar-refractivity contribution in [2.45, 2.75) is 13.5 Å². The molecule has 24 heavy (non-hydrogen) atoms. The molecule has 0 bridgehead atoms. The van der Waals surface area contributed by atoms with Gasteiger partial charge in [-0.05, 0) is 29.5 Å². The highest BCUT2D eigenvalue weighted by molar-refractivity contribution is 5.84. The first-order chi connectivity index (χ1) is 11.6. The number of nitrogens with two attached hydrogens (primary N) is 1. The largest absolute Gasteiger partial charge is 0.489 e. The lowest BCUT2D eigenvalue weighted by molar-refractivity contribution is -0.121. The average Bonchev–Trinajstić information content (AvgIpc) is 2.96. The first-order valence-corrected chi connectivity index (χ1v) is 7.41. The van der Waals surface area contributed by atoms with E-state index in [2.05, 4.69) is 25.8 Å². The average molecular weight is 327 g/mol. The van der Waals surface area contributed by atoms with Gasteiger partial charge in [-0.2, -0.15) is 0 Å². The number of aromatic nitrogens is 5. The van der Waals surface area contributed by atoms with E-state index in [0.717, 1.165) is 16.6 Å². The molecule has 124 valence electrons. The number of para-hydroxylation sites is 1. The van der Waals surface area contributed by atoms with Crippen molar-refractivity contribution in [2.24, 2.45) is 0 Å². The van der Waals surface area contributed by atoms with E-state index in [9.17, 15) is 4.79 Å². The molecule has 0 radical (unpaired) electrons. The van der Waals surface area contributed by atoms with E-state index in [0.29, 0.717) is 18.9 Å². The van der Waals surface area contributed by atoms with Gasteiger partial charge in [-0.1, -0.05) is 23.3 Å². The highest BCUT2D eigenvalue weighted by Gasteiger charge is 2.08. The molecular weight excluding hydrogens is 310 g/mol. The molecule has 3 rings (SSSR count). The predicted octanol–water partition coefficient (Wildman–Crippen LogP) is 0.307. The third-order valence-electron chi connectivity index (χ3n) is 3.36. The normalized spacial score (nSPS) is 10.7. The summed E-state index contributed by atoms with van der Waals surface area (Å²) in [5.41, 5.74) is 7.23. The Morgan fingerprint density at radius 1 is 1.33 bits per heavy atom. The number of nitrogens with zero attached hydrogens (tertiary/aromatic N) is 5. The highest BCUT2D eigenvalue weighted by atomic mass is 16.5. The smallest absolute Gasteiger partial charge is 0.242 e. The van der Waals surface area contributed by atoms with Crippen molar-refractivity contribution >= 4 is 22.8 Å². The number of pyridine rings is 1. The Morgan fingerprint density at radius 3 is 3.00 bits per heavy atom. The highest BCUT2D eigenvalue weighted by Crippen LogP contribution is 2.23. The van der Waals surface area contributed by atoms with Crippen molar-refractivity contribution in [2.75, 3.05) is 18.9 Å². The molecule has 0 saturated heterocycles. The van der Waals surface area contributed by atoms with Crippen molar-refractivity contribution < 1.29 is 9.53 Å². The summed E-state index contributed by atoms with van der Waals surface area (Å²) in [4.78, 5) is 16.3. The van der Waals surface area contributed by atoms with Crippen LogP contribution >= 0.6 is 0 Å². The molecule has 1 amide bonds. The Balaban J connectivity index is 1.53. The number of nitrogen functional groups attached to an aromatic ring is 1. The Morgan fingerprint density at radius 2 is 2.21 bits per heavy atom. The van der Waals surface area contributed by atoms with Crippen molar-refractivity contribution in [3.63, 3.8) is 0 Å². The van der Waals surface area contributed by atoms with Crippen LogP contribution in [0.3, 0.4) is 0 Å². The second-order valence-corrected chi connectivity index (χ2v) is 5.17. The van der Waals surface area contributed by atoms with Crippen LogP contribution in [0.15, 0.2) is 30.3 Å². The van der Waals surface area contributed by atoms with Gasteiger partial charge in [0.1, 0.15) is 24.4 Å². The molecule has 2 aromatic heterocycles. The summed E-state index contributed by atoms with van der Waals surface area (Å²) in [6.45, 7) is 2.57. The van der Waals surface area contributed by atoms with Gasteiger partial charge in [0.05, 0.1) is 6.54 Å². The number of rotatable bonds is 6. The summed E-state index contributed by atoms with van der Waals surface area (Å²) >= 11 is 0. The first kappa shape index (κ1) is 15.7. The zero-order valence-electron chi connectivity index (χ0n) is 13.1. The summed E-state index contributed by atoms with van der Waals surface area (Å²) in [6, 6.07) is 9.71. The lowest BCUT2D eigenvalue weighted by Gasteiger charge is -2.10. The van der Waals surface area contributed by atoms with E-state index in [-0.39, 0.29) is 18.4 Å². The van der Waals surface area contributed by atoms with Gasteiger partial charge in [-0.3, -0.25) is 4.79 Å². The van der Waals surface area contributed by atoms with Crippen LogP contribution in [-0.2, 0) is 11.3 Å². The Hall–Kier alpha value is -3.23. The van der Waals surface area contributed by atoms with Gasteiger partial charge in [0.2, 0.25) is 11.9 Å². The van der Waals surface area contributed by atoms with E-state index < -0.39 is 0 Å². The fraction of sp³-hybridized carbons (Fsp3) is 0.267. The molecule has 0 saturated carbocycles. The quantitative estimate of drug-likeness (QED) is 0.625. The molecule has 0 fully saturated rings. The fourth-order valence-corrected chi connectivity index (χ4v) is 2.20. The summed E-state index contributed by atoms with van der Waals surface area (Å²) in [7, 11) is 0. The van der Waals surface area contributed by atoms with Crippen LogP contribution in [0.4, 0.5) is 5.95 Å². The number of ether oxygens (including phenoxy) is 1. The minimum atomic E-state index is -0.246. The van der Waals surface area contributed by atoms with Crippen LogP contribution in [0.2, 0.25) is 0 Å². The Labute approximate surface area is 137 Å². The minimum Gasteiger partial charge on any atom is -0.489 e. The molecule has 0 aliphatic heterocycles. The molecule has 9 nitrogen and oxygen atoms in total. The number of hydrogen-bond acceptors (Lipinski definition) is 7. The van der Waals surface area contributed by atoms with Gasteiger partial charge < -0.3 is 15.8 Å². The van der Waals surface area contributed by atoms with E-state index in [1.165, 1.54) is 4.68 Å². The zero-order chi connectivity index (χ0) is 16.9. The molecule has 0 unspecified atom stereocenters. The Bertz CT molecular complexity index is 862. The van der Waals surface area contributed by atoms with Crippen LogP contribution in [0, 0.1) is 6.92 Å². The maximum absolute atomic E-state index is 11.8. The molecule has 0 spiro atoms. The maximum atomic E-state index is 11.8. The van der Waals surface area contributed by atoms with Crippen LogP contribution in [0.1, 0.15) is 5.69 Å². The third kappa shape index (κ3) is 3.57. The van der Waals surface area contributed by atoms with Crippen LogP contribution < -0.4 is 15.8 Å². The van der Waals surface area contributed by atoms with Gasteiger partial charge in [0.15, 0.2) is 0 Å².